The Morgan fingerprint density at radius 2 is 2.00 bits per heavy atom. The van der Waals surface area contributed by atoms with E-state index in [4.69, 9.17) is 17.3 Å². The molecule has 104 valence electrons. The van der Waals surface area contributed by atoms with Gasteiger partial charge in [-0.3, -0.25) is 4.79 Å². The molecular weight excluding hydrogens is 288 g/mol. The Kier molecular flexibility index (Phi) is 4.01. The molecule has 5 nitrogen and oxygen atoms in total. The summed E-state index contributed by atoms with van der Waals surface area (Å²) >= 11 is 5.81. The number of sulfone groups is 1. The van der Waals surface area contributed by atoms with E-state index in [-0.39, 0.29) is 24.0 Å². The fourth-order valence-electron chi connectivity index (χ4n) is 2.00. The maximum Gasteiger partial charge on any atom is 0.253 e. The number of benzene rings is 1. The Hall–Kier alpha value is -1.27. The highest BCUT2D eigenvalue weighted by Gasteiger charge is 2.23. The van der Waals surface area contributed by atoms with Crippen molar-refractivity contribution in [1.29, 1.82) is 0 Å². The normalized spacial score (nSPS) is 18.9. The third-order valence-electron chi connectivity index (χ3n) is 3.09. The van der Waals surface area contributed by atoms with Crippen LogP contribution < -0.4 is 5.73 Å². The van der Waals surface area contributed by atoms with E-state index in [9.17, 15) is 13.2 Å². The number of rotatable bonds is 1. The average molecular weight is 303 g/mol. The third-order valence-corrected chi connectivity index (χ3v) is 5.15. The van der Waals surface area contributed by atoms with Gasteiger partial charge < -0.3 is 10.6 Å². The van der Waals surface area contributed by atoms with Crippen LogP contribution in [-0.4, -0.2) is 43.8 Å². The smallest absolute Gasteiger partial charge is 0.253 e. The van der Waals surface area contributed by atoms with Gasteiger partial charge in [0.15, 0.2) is 9.84 Å². The van der Waals surface area contributed by atoms with Crippen molar-refractivity contribution in [1.82, 2.24) is 4.90 Å². The van der Waals surface area contributed by atoms with Crippen LogP contribution in [0.15, 0.2) is 18.2 Å². The maximum atomic E-state index is 12.3. The second kappa shape index (κ2) is 5.38. The fraction of sp³-hybridized carbons (Fsp3) is 0.417. The molecule has 1 heterocycles. The van der Waals surface area contributed by atoms with Crippen LogP contribution in [0.5, 0.6) is 0 Å². The van der Waals surface area contributed by atoms with Crippen molar-refractivity contribution in [3.05, 3.63) is 28.8 Å². The molecule has 0 atom stereocenters. The van der Waals surface area contributed by atoms with E-state index in [1.807, 2.05) is 0 Å². The number of nitrogens with zero attached hydrogens (tertiary/aromatic N) is 1. The zero-order valence-electron chi connectivity index (χ0n) is 10.3. The first kappa shape index (κ1) is 14.1. The van der Waals surface area contributed by atoms with Gasteiger partial charge >= 0.3 is 0 Å². The van der Waals surface area contributed by atoms with Crippen LogP contribution in [0.3, 0.4) is 0 Å². The molecule has 1 amide bonds. The highest BCUT2D eigenvalue weighted by atomic mass is 35.5. The summed E-state index contributed by atoms with van der Waals surface area (Å²) in [6.07, 6.45) is 0.469. The van der Waals surface area contributed by atoms with Crippen LogP contribution in [0.4, 0.5) is 5.69 Å². The summed E-state index contributed by atoms with van der Waals surface area (Å²) in [6.45, 7) is 0.671. The molecule has 2 N–H and O–H groups in total. The van der Waals surface area contributed by atoms with E-state index < -0.39 is 9.84 Å². The lowest BCUT2D eigenvalue weighted by Gasteiger charge is -2.20. The molecule has 1 fully saturated rings. The van der Waals surface area contributed by atoms with E-state index in [1.54, 1.807) is 17.0 Å². The molecule has 0 unspecified atom stereocenters. The first-order valence-corrected chi connectivity index (χ1v) is 8.14. The molecule has 2 rings (SSSR count). The molecule has 0 radical (unpaired) electrons. The predicted molar refractivity (Wildman–Crippen MR) is 75.0 cm³/mol. The lowest BCUT2D eigenvalue weighted by atomic mass is 10.1. The van der Waals surface area contributed by atoms with Gasteiger partial charge in [0.05, 0.1) is 22.2 Å². The Bertz CT molecular complexity index is 601. The topological polar surface area (TPSA) is 80.5 Å². The standard InChI is InChI=1S/C12H15ClN2O3S/c13-10-3-2-9(8-11(10)14)12(16)15-4-1-6-19(17,18)7-5-15/h2-3,8H,1,4-7,14H2. The van der Waals surface area contributed by atoms with Gasteiger partial charge in [-0.15, -0.1) is 0 Å². The lowest BCUT2D eigenvalue weighted by Crippen LogP contribution is -2.33. The van der Waals surface area contributed by atoms with Crippen molar-refractivity contribution < 1.29 is 13.2 Å². The number of amides is 1. The first-order chi connectivity index (χ1) is 8.89. The largest absolute Gasteiger partial charge is 0.398 e. The Labute approximate surface area is 117 Å². The highest BCUT2D eigenvalue weighted by molar-refractivity contribution is 7.91. The van der Waals surface area contributed by atoms with E-state index in [1.165, 1.54) is 6.07 Å². The monoisotopic (exact) mass is 302 g/mol. The van der Waals surface area contributed by atoms with Crippen LogP contribution >= 0.6 is 11.6 Å². The number of halogens is 1. The second-order valence-electron chi connectivity index (χ2n) is 4.53. The molecule has 7 heteroatoms. The van der Waals surface area contributed by atoms with Crippen molar-refractivity contribution in [2.75, 3.05) is 30.3 Å². The van der Waals surface area contributed by atoms with E-state index in [2.05, 4.69) is 0 Å². The number of hydrogen-bond donors (Lipinski definition) is 1. The molecule has 1 aromatic carbocycles. The minimum atomic E-state index is -3.02. The second-order valence-corrected chi connectivity index (χ2v) is 7.24. The lowest BCUT2D eigenvalue weighted by molar-refractivity contribution is 0.0768. The molecule has 0 saturated carbocycles. The number of nitrogen functional groups attached to an aromatic ring is 1. The minimum Gasteiger partial charge on any atom is -0.398 e. The van der Waals surface area contributed by atoms with Gasteiger partial charge in [0.2, 0.25) is 0 Å². The van der Waals surface area contributed by atoms with Crippen LogP contribution in [0, 0.1) is 0 Å². The average Bonchev–Trinajstić information content (AvgIpc) is 2.53. The summed E-state index contributed by atoms with van der Waals surface area (Å²) in [5, 5.41) is 0.398. The van der Waals surface area contributed by atoms with Gasteiger partial charge in [-0.05, 0) is 24.6 Å². The Balaban J connectivity index is 2.17. The molecule has 19 heavy (non-hydrogen) atoms. The number of carbonyl (C=O) groups is 1. The molecule has 0 aliphatic carbocycles. The van der Waals surface area contributed by atoms with Crippen molar-refractivity contribution in [3.63, 3.8) is 0 Å². The van der Waals surface area contributed by atoms with Gasteiger partial charge in [-0.2, -0.15) is 0 Å². The van der Waals surface area contributed by atoms with Crippen molar-refractivity contribution in [3.8, 4) is 0 Å². The maximum absolute atomic E-state index is 12.3. The zero-order valence-corrected chi connectivity index (χ0v) is 11.9. The van der Waals surface area contributed by atoms with Crippen LogP contribution in [-0.2, 0) is 9.84 Å². The van der Waals surface area contributed by atoms with Gasteiger partial charge in [0.1, 0.15) is 0 Å². The van der Waals surface area contributed by atoms with Crippen molar-refractivity contribution in [2.45, 2.75) is 6.42 Å². The quantitative estimate of drug-likeness (QED) is 0.790. The number of anilines is 1. The van der Waals surface area contributed by atoms with Crippen molar-refractivity contribution in [2.24, 2.45) is 0 Å². The predicted octanol–water partition coefficient (Wildman–Crippen LogP) is 1.18. The van der Waals surface area contributed by atoms with Crippen molar-refractivity contribution >= 4 is 33.0 Å². The summed E-state index contributed by atoms with van der Waals surface area (Å²) in [5.41, 5.74) is 6.44. The number of hydrogen-bond acceptors (Lipinski definition) is 4. The summed E-state index contributed by atoms with van der Waals surface area (Å²) in [6, 6.07) is 4.68. The number of nitrogens with two attached hydrogens (primary N) is 1. The number of carbonyl (C=O) groups excluding carboxylic acids is 1. The molecule has 0 bridgehead atoms. The fourth-order valence-corrected chi connectivity index (χ4v) is 3.39. The summed E-state index contributed by atoms with van der Waals surface area (Å²) in [5.74, 6) is -0.0538. The van der Waals surface area contributed by atoms with Gasteiger partial charge in [-0.25, -0.2) is 8.42 Å². The molecule has 0 spiro atoms. The minimum absolute atomic E-state index is 0.0157. The summed E-state index contributed by atoms with van der Waals surface area (Å²) < 4.78 is 23.0. The molecule has 0 aromatic heterocycles. The van der Waals surface area contributed by atoms with Gasteiger partial charge in [0.25, 0.3) is 5.91 Å². The van der Waals surface area contributed by atoms with Crippen LogP contribution in [0.25, 0.3) is 0 Å². The van der Waals surface area contributed by atoms with E-state index in [0.29, 0.717) is 29.2 Å². The van der Waals surface area contributed by atoms with Gasteiger partial charge in [0, 0.05) is 18.7 Å². The van der Waals surface area contributed by atoms with Crippen LogP contribution in [0.2, 0.25) is 5.02 Å². The first-order valence-electron chi connectivity index (χ1n) is 5.94. The molecule has 1 aromatic rings. The summed E-state index contributed by atoms with van der Waals surface area (Å²) in [7, 11) is -3.02. The van der Waals surface area contributed by atoms with Gasteiger partial charge in [-0.1, -0.05) is 11.6 Å². The molecule has 1 saturated heterocycles. The molecular formula is C12H15ClN2O3S. The third kappa shape index (κ3) is 3.39. The Morgan fingerprint density at radius 3 is 2.68 bits per heavy atom. The SMILES string of the molecule is Nc1cc(C(=O)N2CCCS(=O)(=O)CC2)ccc1Cl. The van der Waals surface area contributed by atoms with E-state index >= 15 is 0 Å². The summed E-state index contributed by atoms with van der Waals surface area (Å²) in [4.78, 5) is 13.8. The molecule has 1 aliphatic heterocycles. The van der Waals surface area contributed by atoms with Crippen LogP contribution in [0.1, 0.15) is 16.8 Å². The molecule has 1 aliphatic rings. The zero-order chi connectivity index (χ0) is 14.0. The van der Waals surface area contributed by atoms with E-state index in [0.717, 1.165) is 0 Å². The Morgan fingerprint density at radius 1 is 1.26 bits per heavy atom. The highest BCUT2D eigenvalue weighted by Crippen LogP contribution is 2.21.